The zero-order chi connectivity index (χ0) is 13.1. The number of amides is 1. The van der Waals surface area contributed by atoms with Gasteiger partial charge in [0.2, 0.25) is 5.91 Å². The number of nitrogens with one attached hydrogen (secondary N) is 1. The van der Waals surface area contributed by atoms with E-state index >= 15 is 0 Å². The Labute approximate surface area is 126 Å². The minimum absolute atomic E-state index is 0.175. The second kappa shape index (κ2) is 4.21. The minimum Gasteiger partial charge on any atom is -0.353 e. The summed E-state index contributed by atoms with van der Waals surface area (Å²) in [6.07, 6.45) is 6.41. The van der Waals surface area contributed by atoms with Crippen LogP contribution in [0.5, 0.6) is 0 Å². The van der Waals surface area contributed by atoms with Gasteiger partial charge >= 0.3 is 0 Å². The van der Waals surface area contributed by atoms with Crippen molar-refractivity contribution in [3.8, 4) is 0 Å². The van der Waals surface area contributed by atoms with Crippen molar-refractivity contribution < 1.29 is 4.79 Å². The number of halogens is 2. The Morgan fingerprint density at radius 3 is 2.44 bits per heavy atom. The smallest absolute Gasteiger partial charge is 0.228 e. The van der Waals surface area contributed by atoms with Gasteiger partial charge in [0.1, 0.15) is 0 Å². The third-order valence-electron chi connectivity index (χ3n) is 5.55. The number of fused-ring (bicyclic) bond motifs is 2. The monoisotopic (exact) mass is 377 g/mol. The highest BCUT2D eigenvalue weighted by molar-refractivity contribution is 9.25. The normalized spacial score (nSPS) is 45.9. The molecule has 3 rings (SSSR count). The van der Waals surface area contributed by atoms with Gasteiger partial charge in [0.15, 0.2) is 0 Å². The van der Waals surface area contributed by atoms with Gasteiger partial charge in [0.25, 0.3) is 0 Å². The summed E-state index contributed by atoms with van der Waals surface area (Å²) in [6.45, 7) is 4.22. The highest BCUT2D eigenvalue weighted by atomic mass is 79.9. The highest BCUT2D eigenvalue weighted by Gasteiger charge is 2.66. The molecule has 0 aromatic heterocycles. The number of hydrogen-bond acceptors (Lipinski definition) is 1. The van der Waals surface area contributed by atoms with Crippen LogP contribution < -0.4 is 5.32 Å². The Morgan fingerprint density at radius 1 is 1.33 bits per heavy atom. The zero-order valence-corrected chi connectivity index (χ0v) is 14.2. The fourth-order valence-electron chi connectivity index (χ4n) is 4.03. The van der Waals surface area contributed by atoms with E-state index in [1.54, 1.807) is 0 Å². The summed E-state index contributed by atoms with van der Waals surface area (Å²) in [5, 5.41) is 3.27. The van der Waals surface area contributed by atoms with Crippen molar-refractivity contribution in [2.45, 2.75) is 55.2 Å². The maximum atomic E-state index is 12.3. The molecule has 2 bridgehead atoms. The summed E-state index contributed by atoms with van der Waals surface area (Å²) < 4.78 is -0.175. The predicted octanol–water partition coefficient (Wildman–Crippen LogP) is 3.82. The Morgan fingerprint density at radius 2 is 2.00 bits per heavy atom. The van der Waals surface area contributed by atoms with Gasteiger partial charge in [-0.1, -0.05) is 38.3 Å². The van der Waals surface area contributed by atoms with Crippen LogP contribution in [-0.2, 0) is 4.79 Å². The Balaban J connectivity index is 1.59. The molecule has 3 fully saturated rings. The van der Waals surface area contributed by atoms with Crippen molar-refractivity contribution in [1.82, 2.24) is 5.32 Å². The molecule has 0 aliphatic heterocycles. The summed E-state index contributed by atoms with van der Waals surface area (Å²) in [7, 11) is 0. The molecule has 2 nitrogen and oxygen atoms in total. The first-order valence-electron chi connectivity index (χ1n) is 7.02. The van der Waals surface area contributed by atoms with Gasteiger partial charge in [-0.2, -0.15) is 0 Å². The Kier molecular flexibility index (Phi) is 3.14. The molecule has 0 heterocycles. The number of alkyl halides is 2. The molecule has 3 aliphatic carbocycles. The lowest BCUT2D eigenvalue weighted by Gasteiger charge is -2.29. The largest absolute Gasteiger partial charge is 0.353 e. The molecule has 18 heavy (non-hydrogen) atoms. The van der Waals surface area contributed by atoms with Crippen LogP contribution >= 0.6 is 31.9 Å². The van der Waals surface area contributed by atoms with Crippen molar-refractivity contribution in [3.63, 3.8) is 0 Å². The molecule has 0 aromatic carbocycles. The first-order valence-corrected chi connectivity index (χ1v) is 8.61. The topological polar surface area (TPSA) is 29.1 Å². The predicted molar refractivity (Wildman–Crippen MR) is 79.9 cm³/mol. The highest BCUT2D eigenvalue weighted by Crippen LogP contribution is 2.66. The first kappa shape index (κ1) is 13.4. The summed E-state index contributed by atoms with van der Waals surface area (Å²) in [5.41, 5.74) is -0.279. The van der Waals surface area contributed by atoms with E-state index in [-0.39, 0.29) is 14.6 Å². The molecule has 3 saturated carbocycles. The molecular weight excluding hydrogens is 358 g/mol. The Hall–Kier alpha value is 0.430. The first-order chi connectivity index (χ1) is 8.33. The van der Waals surface area contributed by atoms with Gasteiger partial charge in [-0.15, -0.1) is 0 Å². The van der Waals surface area contributed by atoms with E-state index in [1.165, 1.54) is 25.7 Å². The average molecular weight is 379 g/mol. The zero-order valence-electron chi connectivity index (χ0n) is 11.0. The van der Waals surface area contributed by atoms with Crippen LogP contribution in [0.15, 0.2) is 0 Å². The number of carbonyl (C=O) groups is 1. The lowest BCUT2D eigenvalue weighted by atomic mass is 9.84. The van der Waals surface area contributed by atoms with Crippen molar-refractivity contribution in [1.29, 1.82) is 0 Å². The van der Waals surface area contributed by atoms with Crippen molar-refractivity contribution in [2.75, 3.05) is 0 Å². The maximum absolute atomic E-state index is 12.3. The van der Waals surface area contributed by atoms with Gasteiger partial charge in [-0.05, 0) is 57.3 Å². The van der Waals surface area contributed by atoms with Crippen LogP contribution in [0.2, 0.25) is 0 Å². The van der Waals surface area contributed by atoms with Crippen molar-refractivity contribution >= 4 is 37.8 Å². The summed E-state index contributed by atoms with van der Waals surface area (Å²) in [6, 6.07) is 0.334. The van der Waals surface area contributed by atoms with Crippen LogP contribution in [0.3, 0.4) is 0 Å². The van der Waals surface area contributed by atoms with E-state index in [0.717, 1.165) is 24.2 Å². The molecular formula is C14H21Br2NO. The molecule has 102 valence electrons. The molecule has 4 heteroatoms. The third-order valence-corrected chi connectivity index (χ3v) is 7.86. The molecule has 0 unspecified atom stereocenters. The van der Waals surface area contributed by atoms with Gasteiger partial charge in [-0.25, -0.2) is 0 Å². The summed E-state index contributed by atoms with van der Waals surface area (Å²) >= 11 is 7.14. The van der Waals surface area contributed by atoms with Crippen LogP contribution in [0.4, 0.5) is 0 Å². The molecule has 0 spiro atoms. The van der Waals surface area contributed by atoms with Gasteiger partial charge < -0.3 is 5.32 Å². The van der Waals surface area contributed by atoms with Crippen LogP contribution in [0.25, 0.3) is 0 Å². The van der Waals surface area contributed by atoms with Gasteiger partial charge in [0, 0.05) is 6.04 Å². The maximum Gasteiger partial charge on any atom is 0.228 e. The van der Waals surface area contributed by atoms with Crippen LogP contribution in [0, 0.1) is 23.2 Å². The van der Waals surface area contributed by atoms with E-state index in [0.29, 0.717) is 6.04 Å². The van der Waals surface area contributed by atoms with E-state index in [4.69, 9.17) is 0 Å². The average Bonchev–Trinajstić information content (AvgIpc) is 2.74. The standard InChI is InChI=1S/C14H21Br2NO/c1-8(11-6-9-3-4-10(11)5-9)17-12(18)13(2)7-14(13,15)16/h8-11H,3-7H2,1-2H3,(H,17,18)/t8-,9-,10-,11-,13+/m1/s1. The molecule has 3 aliphatic rings. The van der Waals surface area contributed by atoms with Crippen molar-refractivity contribution in [3.05, 3.63) is 0 Å². The SMILES string of the molecule is C[C@@H](NC(=O)[C@]1(C)CC1(Br)Br)[C@H]1C[C@@H]2CC[C@@H]1C2. The summed E-state index contributed by atoms with van der Waals surface area (Å²) in [4.78, 5) is 12.3. The summed E-state index contributed by atoms with van der Waals surface area (Å²) in [5.74, 6) is 2.74. The molecule has 0 aromatic rings. The minimum atomic E-state index is -0.279. The lowest BCUT2D eigenvalue weighted by molar-refractivity contribution is -0.126. The number of carbonyl (C=O) groups excluding carboxylic acids is 1. The van der Waals surface area contributed by atoms with Crippen LogP contribution in [-0.4, -0.2) is 15.2 Å². The van der Waals surface area contributed by atoms with E-state index < -0.39 is 0 Å². The number of rotatable bonds is 3. The van der Waals surface area contributed by atoms with Crippen molar-refractivity contribution in [2.24, 2.45) is 23.2 Å². The Bertz CT molecular complexity index is 384. The number of hydrogen-bond donors (Lipinski definition) is 1. The van der Waals surface area contributed by atoms with E-state index in [2.05, 4.69) is 44.1 Å². The molecule has 1 N–H and O–H groups in total. The third kappa shape index (κ3) is 1.98. The second-order valence-electron chi connectivity index (χ2n) is 6.81. The quantitative estimate of drug-likeness (QED) is 0.743. The fraction of sp³-hybridized carbons (Fsp3) is 0.929. The van der Waals surface area contributed by atoms with Crippen LogP contribution in [0.1, 0.15) is 46.0 Å². The lowest BCUT2D eigenvalue weighted by Crippen LogP contribution is -2.44. The molecule has 1 amide bonds. The van der Waals surface area contributed by atoms with E-state index in [1.807, 2.05) is 6.92 Å². The van der Waals surface area contributed by atoms with E-state index in [9.17, 15) is 4.79 Å². The molecule has 5 atom stereocenters. The molecule has 0 radical (unpaired) electrons. The van der Waals surface area contributed by atoms with Gasteiger partial charge in [-0.3, -0.25) is 4.79 Å². The van der Waals surface area contributed by atoms with Gasteiger partial charge in [0.05, 0.1) is 8.65 Å². The second-order valence-corrected chi connectivity index (χ2v) is 10.6. The fourth-order valence-corrected chi connectivity index (χ4v) is 5.51. The molecule has 0 saturated heterocycles.